The molecule has 0 saturated heterocycles. The maximum atomic E-state index is 8.57. The van der Waals surface area contributed by atoms with Gasteiger partial charge in [-0.2, -0.15) is 10.5 Å². The molecule has 1 rings (SSSR count). The minimum atomic E-state index is -0.224. The van der Waals surface area contributed by atoms with Crippen LogP contribution in [0.4, 0.5) is 5.69 Å². The lowest BCUT2D eigenvalue weighted by atomic mass is 10.0. The smallest absolute Gasteiger partial charge is 0.0641 e. The quantitative estimate of drug-likeness (QED) is 0.835. The molecule has 1 aromatic rings. The molecule has 0 aliphatic carbocycles. The van der Waals surface area contributed by atoms with Gasteiger partial charge in [-0.15, -0.1) is 0 Å². The predicted octanol–water partition coefficient (Wildman–Crippen LogP) is 1.95. The van der Waals surface area contributed by atoms with Crippen LogP contribution in [0, 0.1) is 22.7 Å². The van der Waals surface area contributed by atoms with Crippen molar-refractivity contribution in [3.63, 3.8) is 0 Å². The zero-order valence-electron chi connectivity index (χ0n) is 9.93. The number of anilines is 1. The van der Waals surface area contributed by atoms with Gasteiger partial charge in [0.05, 0.1) is 25.0 Å². The third-order valence-electron chi connectivity index (χ3n) is 2.63. The van der Waals surface area contributed by atoms with Gasteiger partial charge >= 0.3 is 0 Å². The minimum absolute atomic E-state index is 0.224. The molecule has 0 aromatic heterocycles. The SMILES string of the molecule is CN(CCC#N)c1ccc([C@H](N)CC#N)cc1. The summed E-state index contributed by atoms with van der Waals surface area (Å²) in [6, 6.07) is 11.7. The van der Waals surface area contributed by atoms with Crippen LogP contribution < -0.4 is 10.6 Å². The Morgan fingerprint density at radius 3 is 2.41 bits per heavy atom. The van der Waals surface area contributed by atoms with Crippen molar-refractivity contribution in [2.45, 2.75) is 18.9 Å². The third-order valence-corrected chi connectivity index (χ3v) is 2.63. The molecule has 0 unspecified atom stereocenters. The second kappa shape index (κ2) is 6.52. The van der Waals surface area contributed by atoms with Crippen LogP contribution in [0.5, 0.6) is 0 Å². The first-order valence-corrected chi connectivity index (χ1v) is 5.49. The average Bonchev–Trinajstić information content (AvgIpc) is 2.36. The van der Waals surface area contributed by atoms with Crippen molar-refractivity contribution in [2.24, 2.45) is 5.73 Å². The molecule has 88 valence electrons. The van der Waals surface area contributed by atoms with Crippen molar-refractivity contribution >= 4 is 5.69 Å². The first-order valence-electron chi connectivity index (χ1n) is 5.49. The van der Waals surface area contributed by atoms with Crippen LogP contribution in [0.1, 0.15) is 24.4 Å². The Morgan fingerprint density at radius 2 is 1.88 bits per heavy atom. The summed E-state index contributed by atoms with van der Waals surface area (Å²) in [4.78, 5) is 2.02. The van der Waals surface area contributed by atoms with Gasteiger partial charge in [-0.25, -0.2) is 0 Å². The third kappa shape index (κ3) is 3.79. The molecule has 1 aromatic carbocycles. The second-order valence-electron chi connectivity index (χ2n) is 3.89. The number of rotatable bonds is 5. The van der Waals surface area contributed by atoms with Crippen LogP contribution >= 0.6 is 0 Å². The zero-order valence-corrected chi connectivity index (χ0v) is 9.93. The molecular formula is C13H16N4. The second-order valence-corrected chi connectivity index (χ2v) is 3.89. The number of benzene rings is 1. The summed E-state index contributed by atoms with van der Waals surface area (Å²) in [7, 11) is 1.95. The van der Waals surface area contributed by atoms with Gasteiger partial charge in [-0.3, -0.25) is 0 Å². The highest BCUT2D eigenvalue weighted by atomic mass is 15.1. The Hall–Kier alpha value is -2.04. The molecule has 0 heterocycles. The average molecular weight is 228 g/mol. The topological polar surface area (TPSA) is 76.8 Å². The number of hydrogen-bond donors (Lipinski definition) is 1. The summed E-state index contributed by atoms with van der Waals surface area (Å²) in [5.41, 5.74) is 7.84. The van der Waals surface area contributed by atoms with Crippen molar-refractivity contribution in [3.8, 4) is 12.1 Å². The van der Waals surface area contributed by atoms with Crippen LogP contribution in [-0.4, -0.2) is 13.6 Å². The first-order chi connectivity index (χ1) is 8.19. The lowest BCUT2D eigenvalue weighted by molar-refractivity contribution is 0.748. The molecule has 4 heteroatoms. The zero-order chi connectivity index (χ0) is 12.7. The first kappa shape index (κ1) is 13.0. The standard InChI is InChI=1S/C13H16N4/c1-17(10-2-8-14)12-5-3-11(4-6-12)13(16)7-9-15/h3-6,13H,2,7,10,16H2,1H3/t13-/m1/s1. The van der Waals surface area contributed by atoms with E-state index in [9.17, 15) is 0 Å². The monoisotopic (exact) mass is 228 g/mol. The lowest BCUT2D eigenvalue weighted by Gasteiger charge is -2.18. The maximum absolute atomic E-state index is 8.57. The summed E-state index contributed by atoms with van der Waals surface area (Å²) in [6.45, 7) is 0.708. The maximum Gasteiger partial charge on any atom is 0.0641 e. The molecule has 0 saturated carbocycles. The fraction of sp³-hybridized carbons (Fsp3) is 0.385. The van der Waals surface area contributed by atoms with Crippen molar-refractivity contribution in [1.29, 1.82) is 10.5 Å². The van der Waals surface area contributed by atoms with E-state index in [2.05, 4.69) is 12.1 Å². The van der Waals surface area contributed by atoms with Crippen molar-refractivity contribution < 1.29 is 0 Å². The fourth-order valence-corrected chi connectivity index (χ4v) is 1.54. The highest BCUT2D eigenvalue weighted by molar-refractivity contribution is 5.47. The predicted molar refractivity (Wildman–Crippen MR) is 67.1 cm³/mol. The van der Waals surface area contributed by atoms with Crippen molar-refractivity contribution in [3.05, 3.63) is 29.8 Å². The van der Waals surface area contributed by atoms with Gasteiger partial charge in [0.1, 0.15) is 0 Å². The van der Waals surface area contributed by atoms with Gasteiger partial charge in [0.15, 0.2) is 0 Å². The van der Waals surface area contributed by atoms with Gasteiger partial charge in [-0.1, -0.05) is 12.1 Å². The van der Waals surface area contributed by atoms with Crippen LogP contribution in [0.3, 0.4) is 0 Å². The van der Waals surface area contributed by atoms with E-state index in [4.69, 9.17) is 16.3 Å². The Labute approximate surface area is 102 Å². The Morgan fingerprint density at radius 1 is 1.24 bits per heavy atom. The summed E-state index contributed by atoms with van der Waals surface area (Å²) in [5, 5.41) is 17.1. The molecule has 17 heavy (non-hydrogen) atoms. The van der Waals surface area contributed by atoms with Crippen LogP contribution in [-0.2, 0) is 0 Å². The van der Waals surface area contributed by atoms with Gasteiger partial charge in [0.25, 0.3) is 0 Å². The Bertz CT molecular complexity index is 424. The van der Waals surface area contributed by atoms with E-state index in [1.54, 1.807) is 0 Å². The Kier molecular flexibility index (Phi) is 5.00. The van der Waals surface area contributed by atoms with Crippen LogP contribution in [0.2, 0.25) is 0 Å². The fourth-order valence-electron chi connectivity index (χ4n) is 1.54. The highest BCUT2D eigenvalue weighted by Gasteiger charge is 2.06. The summed E-state index contributed by atoms with van der Waals surface area (Å²) in [5.74, 6) is 0. The molecule has 0 aliphatic heterocycles. The molecule has 2 N–H and O–H groups in total. The number of hydrogen-bond acceptors (Lipinski definition) is 4. The molecule has 0 bridgehead atoms. The van der Waals surface area contributed by atoms with E-state index >= 15 is 0 Å². The molecule has 1 atom stereocenters. The number of nitrogens with two attached hydrogens (primary N) is 1. The minimum Gasteiger partial charge on any atom is -0.374 e. The highest BCUT2D eigenvalue weighted by Crippen LogP contribution is 2.18. The van der Waals surface area contributed by atoms with E-state index in [0.717, 1.165) is 11.3 Å². The summed E-state index contributed by atoms with van der Waals surface area (Å²) < 4.78 is 0. The van der Waals surface area contributed by atoms with Crippen LogP contribution in [0.15, 0.2) is 24.3 Å². The molecule has 4 nitrogen and oxygen atoms in total. The summed E-state index contributed by atoms with van der Waals surface area (Å²) in [6.07, 6.45) is 0.829. The van der Waals surface area contributed by atoms with E-state index in [0.29, 0.717) is 19.4 Å². The summed E-state index contributed by atoms with van der Waals surface area (Å²) >= 11 is 0. The molecule has 0 amide bonds. The van der Waals surface area contributed by atoms with E-state index in [1.165, 1.54) is 0 Å². The van der Waals surface area contributed by atoms with Crippen molar-refractivity contribution in [1.82, 2.24) is 0 Å². The largest absolute Gasteiger partial charge is 0.374 e. The van der Waals surface area contributed by atoms with E-state index in [1.807, 2.05) is 36.2 Å². The van der Waals surface area contributed by atoms with Crippen LogP contribution in [0.25, 0.3) is 0 Å². The van der Waals surface area contributed by atoms with Gasteiger partial charge < -0.3 is 10.6 Å². The van der Waals surface area contributed by atoms with E-state index in [-0.39, 0.29) is 6.04 Å². The number of nitriles is 2. The molecular weight excluding hydrogens is 212 g/mol. The van der Waals surface area contributed by atoms with Gasteiger partial charge in [0.2, 0.25) is 0 Å². The molecule has 0 aliphatic rings. The molecule has 0 spiro atoms. The van der Waals surface area contributed by atoms with Gasteiger partial charge in [-0.05, 0) is 17.7 Å². The van der Waals surface area contributed by atoms with Crippen molar-refractivity contribution in [2.75, 3.05) is 18.5 Å². The lowest BCUT2D eigenvalue weighted by Crippen LogP contribution is -2.18. The normalized spacial score (nSPS) is 11.3. The van der Waals surface area contributed by atoms with E-state index < -0.39 is 0 Å². The van der Waals surface area contributed by atoms with Gasteiger partial charge in [0, 0.05) is 25.3 Å². The molecule has 0 radical (unpaired) electrons. The number of nitrogens with zero attached hydrogens (tertiary/aromatic N) is 3. The molecule has 0 fully saturated rings. The Balaban J connectivity index is 2.68.